The molecule has 1 aliphatic rings. The first-order valence-corrected chi connectivity index (χ1v) is 5.56. The summed E-state index contributed by atoms with van der Waals surface area (Å²) in [6.45, 7) is 2.31. The lowest BCUT2D eigenvalue weighted by molar-refractivity contribution is 0.398. The van der Waals surface area contributed by atoms with E-state index in [9.17, 15) is 0 Å². The molecule has 0 spiro atoms. The van der Waals surface area contributed by atoms with Crippen molar-refractivity contribution in [1.82, 2.24) is 4.98 Å². The molecular weight excluding hydrogens is 188 g/mol. The van der Waals surface area contributed by atoms with E-state index >= 15 is 0 Å². The summed E-state index contributed by atoms with van der Waals surface area (Å²) in [4.78, 5) is 4.18. The Balaban J connectivity index is 1.98. The third-order valence-corrected chi connectivity index (χ3v) is 3.16. The lowest BCUT2D eigenvalue weighted by Gasteiger charge is -2.18. The Bertz CT molecular complexity index is 310. The second-order valence-corrected chi connectivity index (χ2v) is 4.25. The minimum absolute atomic E-state index is 0.611. The first-order valence-electron chi connectivity index (χ1n) is 5.56. The number of anilines is 1. The van der Waals surface area contributed by atoms with Crippen molar-refractivity contribution in [2.45, 2.75) is 32.2 Å². The van der Waals surface area contributed by atoms with Crippen LogP contribution >= 0.6 is 0 Å². The van der Waals surface area contributed by atoms with Crippen molar-refractivity contribution in [2.75, 3.05) is 12.4 Å². The zero-order chi connectivity index (χ0) is 10.7. The zero-order valence-electron chi connectivity index (χ0n) is 9.36. The van der Waals surface area contributed by atoms with E-state index in [0.717, 1.165) is 11.6 Å². The Morgan fingerprint density at radius 1 is 1.40 bits per heavy atom. The van der Waals surface area contributed by atoms with Gasteiger partial charge in [-0.1, -0.05) is 13.3 Å². The SMILES string of the molecule is COc1ccc(NC2CCCC2C)cn1. The van der Waals surface area contributed by atoms with E-state index < -0.39 is 0 Å². The average Bonchev–Trinajstić information content (AvgIpc) is 2.66. The van der Waals surface area contributed by atoms with Gasteiger partial charge in [-0.3, -0.25) is 0 Å². The van der Waals surface area contributed by atoms with Gasteiger partial charge in [0.05, 0.1) is 19.0 Å². The van der Waals surface area contributed by atoms with Crippen molar-refractivity contribution in [3.8, 4) is 5.88 Å². The number of nitrogens with one attached hydrogen (secondary N) is 1. The normalized spacial score (nSPS) is 25.2. The Morgan fingerprint density at radius 3 is 2.80 bits per heavy atom. The summed E-state index contributed by atoms with van der Waals surface area (Å²) < 4.78 is 5.02. The predicted molar refractivity (Wildman–Crippen MR) is 61.2 cm³/mol. The van der Waals surface area contributed by atoms with E-state index in [1.54, 1.807) is 7.11 Å². The molecule has 2 rings (SSSR count). The molecule has 1 aromatic rings. The largest absolute Gasteiger partial charge is 0.481 e. The molecule has 2 unspecified atom stereocenters. The second kappa shape index (κ2) is 4.51. The lowest BCUT2D eigenvalue weighted by atomic mass is 10.1. The van der Waals surface area contributed by atoms with Crippen molar-refractivity contribution in [2.24, 2.45) is 5.92 Å². The number of hydrogen-bond acceptors (Lipinski definition) is 3. The van der Waals surface area contributed by atoms with Crippen LogP contribution < -0.4 is 10.1 Å². The highest BCUT2D eigenvalue weighted by Gasteiger charge is 2.22. The van der Waals surface area contributed by atoms with E-state index in [-0.39, 0.29) is 0 Å². The van der Waals surface area contributed by atoms with Crippen molar-refractivity contribution >= 4 is 5.69 Å². The zero-order valence-corrected chi connectivity index (χ0v) is 9.36. The van der Waals surface area contributed by atoms with E-state index in [1.165, 1.54) is 19.3 Å². The Kier molecular flexibility index (Phi) is 3.09. The van der Waals surface area contributed by atoms with Gasteiger partial charge in [0, 0.05) is 12.1 Å². The Morgan fingerprint density at radius 2 is 2.27 bits per heavy atom. The third kappa shape index (κ3) is 2.41. The highest BCUT2D eigenvalue weighted by atomic mass is 16.5. The lowest BCUT2D eigenvalue weighted by Crippen LogP contribution is -2.21. The molecule has 3 heteroatoms. The van der Waals surface area contributed by atoms with Crippen LogP contribution in [0.2, 0.25) is 0 Å². The van der Waals surface area contributed by atoms with Crippen molar-refractivity contribution in [3.63, 3.8) is 0 Å². The molecule has 0 aromatic carbocycles. The van der Waals surface area contributed by atoms with Gasteiger partial charge in [-0.2, -0.15) is 0 Å². The van der Waals surface area contributed by atoms with Crippen LogP contribution in [0.3, 0.4) is 0 Å². The van der Waals surface area contributed by atoms with Crippen LogP contribution in [0.1, 0.15) is 26.2 Å². The minimum atomic E-state index is 0.611. The Labute approximate surface area is 90.9 Å². The van der Waals surface area contributed by atoms with Crippen LogP contribution in [0.15, 0.2) is 18.3 Å². The van der Waals surface area contributed by atoms with Gasteiger partial charge in [-0.05, 0) is 24.8 Å². The maximum Gasteiger partial charge on any atom is 0.213 e. The first kappa shape index (κ1) is 10.3. The molecule has 0 bridgehead atoms. The number of hydrogen-bond donors (Lipinski definition) is 1. The summed E-state index contributed by atoms with van der Waals surface area (Å²) in [6.07, 6.45) is 5.78. The molecule has 1 heterocycles. The first-order chi connectivity index (χ1) is 7.29. The van der Waals surface area contributed by atoms with Crippen molar-refractivity contribution < 1.29 is 4.74 Å². The van der Waals surface area contributed by atoms with E-state index in [0.29, 0.717) is 11.9 Å². The average molecular weight is 206 g/mol. The molecule has 0 amide bonds. The van der Waals surface area contributed by atoms with Gasteiger partial charge in [0.1, 0.15) is 0 Å². The van der Waals surface area contributed by atoms with Gasteiger partial charge in [0.25, 0.3) is 0 Å². The van der Waals surface area contributed by atoms with Gasteiger partial charge in [0.15, 0.2) is 0 Å². The van der Waals surface area contributed by atoms with Crippen LogP contribution in [-0.4, -0.2) is 18.1 Å². The maximum atomic E-state index is 5.02. The highest BCUT2D eigenvalue weighted by molar-refractivity contribution is 5.43. The van der Waals surface area contributed by atoms with Crippen LogP contribution in [0.5, 0.6) is 5.88 Å². The maximum absolute atomic E-state index is 5.02. The van der Waals surface area contributed by atoms with Gasteiger partial charge in [-0.15, -0.1) is 0 Å². The molecule has 15 heavy (non-hydrogen) atoms. The molecular formula is C12H18N2O. The fourth-order valence-electron chi connectivity index (χ4n) is 2.16. The summed E-state index contributed by atoms with van der Waals surface area (Å²) in [7, 11) is 1.63. The second-order valence-electron chi connectivity index (χ2n) is 4.25. The van der Waals surface area contributed by atoms with Crippen LogP contribution in [0.25, 0.3) is 0 Å². The van der Waals surface area contributed by atoms with E-state index in [1.807, 2.05) is 18.3 Å². The Hall–Kier alpha value is -1.25. The number of aromatic nitrogens is 1. The molecule has 3 nitrogen and oxygen atoms in total. The number of nitrogens with zero attached hydrogens (tertiary/aromatic N) is 1. The molecule has 0 radical (unpaired) electrons. The van der Waals surface area contributed by atoms with Crippen molar-refractivity contribution in [3.05, 3.63) is 18.3 Å². The summed E-state index contributed by atoms with van der Waals surface area (Å²) in [5.41, 5.74) is 1.09. The summed E-state index contributed by atoms with van der Waals surface area (Å²) >= 11 is 0. The minimum Gasteiger partial charge on any atom is -0.481 e. The highest BCUT2D eigenvalue weighted by Crippen LogP contribution is 2.27. The summed E-state index contributed by atoms with van der Waals surface area (Å²) in [6, 6.07) is 4.53. The fourth-order valence-corrected chi connectivity index (χ4v) is 2.16. The topological polar surface area (TPSA) is 34.1 Å². The molecule has 1 fully saturated rings. The van der Waals surface area contributed by atoms with Gasteiger partial charge in [-0.25, -0.2) is 4.98 Å². The fraction of sp³-hybridized carbons (Fsp3) is 0.583. The van der Waals surface area contributed by atoms with Crippen molar-refractivity contribution in [1.29, 1.82) is 0 Å². The summed E-state index contributed by atoms with van der Waals surface area (Å²) in [5.74, 6) is 1.44. The van der Waals surface area contributed by atoms with Gasteiger partial charge in [0.2, 0.25) is 5.88 Å². The van der Waals surface area contributed by atoms with Crippen LogP contribution in [0.4, 0.5) is 5.69 Å². The standard InChI is InChI=1S/C12H18N2O/c1-9-4-3-5-11(9)14-10-6-7-12(15-2)13-8-10/h6-9,11,14H,3-5H2,1-2H3. The third-order valence-electron chi connectivity index (χ3n) is 3.16. The summed E-state index contributed by atoms with van der Waals surface area (Å²) in [5, 5.41) is 3.52. The monoisotopic (exact) mass is 206 g/mol. The van der Waals surface area contributed by atoms with E-state index in [2.05, 4.69) is 17.2 Å². The molecule has 1 aromatic heterocycles. The van der Waals surface area contributed by atoms with E-state index in [4.69, 9.17) is 4.74 Å². The van der Waals surface area contributed by atoms with Crippen LogP contribution in [0, 0.1) is 5.92 Å². The number of methoxy groups -OCH3 is 1. The molecule has 1 N–H and O–H groups in total. The molecule has 1 saturated carbocycles. The van der Waals surface area contributed by atoms with Gasteiger partial charge >= 0.3 is 0 Å². The number of ether oxygens (including phenoxy) is 1. The van der Waals surface area contributed by atoms with Crippen LogP contribution in [-0.2, 0) is 0 Å². The smallest absolute Gasteiger partial charge is 0.213 e. The quantitative estimate of drug-likeness (QED) is 0.825. The number of rotatable bonds is 3. The molecule has 0 saturated heterocycles. The van der Waals surface area contributed by atoms with Gasteiger partial charge < -0.3 is 10.1 Å². The molecule has 82 valence electrons. The predicted octanol–water partition coefficient (Wildman–Crippen LogP) is 2.69. The molecule has 2 atom stereocenters. The number of pyridine rings is 1. The molecule has 0 aliphatic heterocycles. The molecule has 1 aliphatic carbocycles.